The predicted molar refractivity (Wildman–Crippen MR) is 79.7 cm³/mol. The molecule has 0 saturated heterocycles. The highest BCUT2D eigenvalue weighted by atomic mass is 32.2. The lowest BCUT2D eigenvalue weighted by Gasteiger charge is -2.19. The van der Waals surface area contributed by atoms with E-state index in [1.165, 1.54) is 24.3 Å². The van der Waals surface area contributed by atoms with Crippen molar-refractivity contribution in [3.05, 3.63) is 48.0 Å². The third-order valence-corrected chi connectivity index (χ3v) is 4.72. The molecule has 2 aromatic rings. The van der Waals surface area contributed by atoms with Crippen molar-refractivity contribution in [2.75, 3.05) is 17.9 Å². The first-order chi connectivity index (χ1) is 11.3. The molecule has 9 heteroatoms. The van der Waals surface area contributed by atoms with Crippen LogP contribution >= 0.6 is 0 Å². The number of benzene rings is 2. The quantitative estimate of drug-likeness (QED) is 0.914. The molecule has 0 fully saturated rings. The number of anilines is 1. The van der Waals surface area contributed by atoms with Crippen LogP contribution in [0.5, 0.6) is 11.5 Å². The minimum absolute atomic E-state index is 0.0798. The van der Waals surface area contributed by atoms with Crippen molar-refractivity contribution in [2.45, 2.75) is 11.1 Å². The molecule has 0 unspecified atom stereocenters. The fourth-order valence-corrected chi connectivity index (χ4v) is 3.53. The van der Waals surface area contributed by atoms with Crippen LogP contribution in [0.2, 0.25) is 0 Å². The van der Waals surface area contributed by atoms with E-state index < -0.39 is 26.7 Å². The number of halogens is 3. The number of alkyl halides is 3. The van der Waals surface area contributed by atoms with E-state index >= 15 is 0 Å². The van der Waals surface area contributed by atoms with Crippen LogP contribution < -0.4 is 14.2 Å². The third kappa shape index (κ3) is 3.25. The summed E-state index contributed by atoms with van der Waals surface area (Å²) in [5.41, 5.74) is -1.15. The van der Waals surface area contributed by atoms with Crippen LogP contribution in [0.25, 0.3) is 0 Å². The van der Waals surface area contributed by atoms with Gasteiger partial charge in [-0.3, -0.25) is 4.72 Å². The minimum Gasteiger partial charge on any atom is -0.486 e. The first kappa shape index (κ1) is 16.4. The average molecular weight is 359 g/mol. The van der Waals surface area contributed by atoms with Crippen LogP contribution in [0, 0.1) is 0 Å². The van der Waals surface area contributed by atoms with E-state index in [0.717, 1.165) is 18.2 Å². The van der Waals surface area contributed by atoms with E-state index in [1.807, 2.05) is 0 Å². The zero-order chi connectivity index (χ0) is 17.4. The number of ether oxygens (including phenoxy) is 2. The standard InChI is InChI=1S/C15H12F3NO4S/c16-15(17,18)11-3-1-2-4-14(11)24(20,21)19-10-5-6-12-13(9-10)23-8-7-22-12/h1-6,9,19H,7-8H2. The van der Waals surface area contributed by atoms with Gasteiger partial charge in [0.05, 0.1) is 16.1 Å². The summed E-state index contributed by atoms with van der Waals surface area (Å²) in [7, 11) is -4.42. The molecule has 0 aliphatic carbocycles. The van der Waals surface area contributed by atoms with Crippen molar-refractivity contribution in [1.29, 1.82) is 0 Å². The molecule has 0 spiro atoms. The summed E-state index contributed by atoms with van der Waals surface area (Å²) >= 11 is 0. The molecule has 5 nitrogen and oxygen atoms in total. The second kappa shape index (κ2) is 5.90. The Morgan fingerprint density at radius 1 is 0.958 bits per heavy atom. The molecule has 24 heavy (non-hydrogen) atoms. The zero-order valence-electron chi connectivity index (χ0n) is 12.1. The summed E-state index contributed by atoms with van der Waals surface area (Å²) in [6, 6.07) is 8.23. The maximum Gasteiger partial charge on any atom is 0.417 e. The predicted octanol–water partition coefficient (Wildman–Crippen LogP) is 3.28. The second-order valence-corrected chi connectivity index (χ2v) is 6.61. The third-order valence-electron chi connectivity index (χ3n) is 3.28. The molecule has 0 saturated carbocycles. The Morgan fingerprint density at radius 2 is 1.62 bits per heavy atom. The van der Waals surface area contributed by atoms with Gasteiger partial charge in [0.1, 0.15) is 13.2 Å². The Hall–Kier alpha value is -2.42. The van der Waals surface area contributed by atoms with Crippen molar-refractivity contribution < 1.29 is 31.1 Å². The Morgan fingerprint density at radius 3 is 2.33 bits per heavy atom. The maximum absolute atomic E-state index is 13.0. The molecular formula is C15H12F3NO4S. The highest BCUT2D eigenvalue weighted by Crippen LogP contribution is 2.36. The summed E-state index contributed by atoms with van der Waals surface area (Å²) in [4.78, 5) is -0.840. The van der Waals surface area contributed by atoms with Gasteiger partial charge in [0, 0.05) is 6.07 Å². The van der Waals surface area contributed by atoms with Crippen molar-refractivity contribution in [2.24, 2.45) is 0 Å². The number of hydrogen-bond donors (Lipinski definition) is 1. The van der Waals surface area contributed by atoms with E-state index in [2.05, 4.69) is 4.72 Å². The van der Waals surface area contributed by atoms with E-state index in [0.29, 0.717) is 24.7 Å². The molecule has 0 radical (unpaired) electrons. The number of rotatable bonds is 3. The molecule has 1 N–H and O–H groups in total. The summed E-state index contributed by atoms with van der Waals surface area (Å²) in [5, 5.41) is 0. The maximum atomic E-state index is 13.0. The van der Waals surface area contributed by atoms with Crippen LogP contribution in [0.4, 0.5) is 18.9 Å². The van der Waals surface area contributed by atoms with Crippen LogP contribution in [-0.4, -0.2) is 21.6 Å². The van der Waals surface area contributed by atoms with Gasteiger partial charge in [0.2, 0.25) is 0 Å². The van der Waals surface area contributed by atoms with E-state index in [-0.39, 0.29) is 5.69 Å². The van der Waals surface area contributed by atoms with Crippen molar-refractivity contribution in [1.82, 2.24) is 0 Å². The minimum atomic E-state index is -4.78. The Balaban J connectivity index is 1.95. The molecule has 1 heterocycles. The highest BCUT2D eigenvalue weighted by molar-refractivity contribution is 7.92. The number of sulfonamides is 1. The number of nitrogens with one attached hydrogen (secondary N) is 1. The van der Waals surface area contributed by atoms with E-state index in [1.54, 1.807) is 0 Å². The second-order valence-electron chi connectivity index (χ2n) is 4.96. The summed E-state index contributed by atoms with van der Waals surface area (Å²) < 4.78 is 76.5. The molecule has 0 bridgehead atoms. The lowest BCUT2D eigenvalue weighted by Crippen LogP contribution is -2.19. The summed E-state index contributed by atoms with van der Waals surface area (Å²) in [6.07, 6.45) is -4.78. The van der Waals surface area contributed by atoms with Gasteiger partial charge in [0.15, 0.2) is 11.5 Å². The van der Waals surface area contributed by atoms with Crippen LogP contribution in [0.3, 0.4) is 0 Å². The monoisotopic (exact) mass is 359 g/mol. The first-order valence-corrected chi connectivity index (χ1v) is 8.34. The fraction of sp³-hybridized carbons (Fsp3) is 0.200. The Bertz CT molecular complexity index is 865. The van der Waals surface area contributed by atoms with Gasteiger partial charge in [-0.2, -0.15) is 13.2 Å². The molecule has 2 aromatic carbocycles. The SMILES string of the molecule is O=S(=O)(Nc1ccc2c(c1)OCCO2)c1ccccc1C(F)(F)F. The van der Waals surface area contributed by atoms with Gasteiger partial charge in [0.25, 0.3) is 10.0 Å². The Kier molecular flexibility index (Phi) is 4.04. The van der Waals surface area contributed by atoms with Crippen molar-refractivity contribution >= 4 is 15.7 Å². The molecule has 1 aliphatic heterocycles. The lowest BCUT2D eigenvalue weighted by atomic mass is 10.2. The van der Waals surface area contributed by atoms with Crippen LogP contribution in [-0.2, 0) is 16.2 Å². The summed E-state index contributed by atoms with van der Waals surface area (Å²) in [5.74, 6) is 0.769. The van der Waals surface area contributed by atoms with Gasteiger partial charge in [-0.25, -0.2) is 8.42 Å². The van der Waals surface area contributed by atoms with Gasteiger partial charge >= 0.3 is 6.18 Å². The van der Waals surface area contributed by atoms with Gasteiger partial charge in [-0.1, -0.05) is 12.1 Å². The van der Waals surface area contributed by atoms with Crippen LogP contribution in [0.1, 0.15) is 5.56 Å². The smallest absolute Gasteiger partial charge is 0.417 e. The Labute approximate surface area is 136 Å². The van der Waals surface area contributed by atoms with Gasteiger partial charge in [-0.05, 0) is 24.3 Å². The highest BCUT2D eigenvalue weighted by Gasteiger charge is 2.37. The zero-order valence-corrected chi connectivity index (χ0v) is 12.9. The lowest BCUT2D eigenvalue weighted by molar-refractivity contribution is -0.139. The molecular weight excluding hydrogens is 347 g/mol. The number of fused-ring (bicyclic) bond motifs is 1. The van der Waals surface area contributed by atoms with Crippen molar-refractivity contribution in [3.8, 4) is 11.5 Å². The number of hydrogen-bond acceptors (Lipinski definition) is 4. The van der Waals surface area contributed by atoms with Gasteiger partial charge in [-0.15, -0.1) is 0 Å². The van der Waals surface area contributed by atoms with E-state index in [4.69, 9.17) is 9.47 Å². The molecule has 0 atom stereocenters. The molecule has 128 valence electrons. The normalized spacial score (nSPS) is 14.3. The van der Waals surface area contributed by atoms with Crippen molar-refractivity contribution in [3.63, 3.8) is 0 Å². The average Bonchev–Trinajstić information content (AvgIpc) is 2.53. The topological polar surface area (TPSA) is 64.6 Å². The molecule has 0 amide bonds. The van der Waals surface area contributed by atoms with E-state index in [9.17, 15) is 21.6 Å². The largest absolute Gasteiger partial charge is 0.486 e. The first-order valence-electron chi connectivity index (χ1n) is 6.86. The fourth-order valence-electron chi connectivity index (χ4n) is 2.25. The van der Waals surface area contributed by atoms with Crippen LogP contribution in [0.15, 0.2) is 47.4 Å². The molecule has 1 aliphatic rings. The summed E-state index contributed by atoms with van der Waals surface area (Å²) in [6.45, 7) is 0.678. The van der Waals surface area contributed by atoms with Gasteiger partial charge < -0.3 is 9.47 Å². The molecule has 0 aromatic heterocycles. The molecule has 3 rings (SSSR count).